The third-order valence-electron chi connectivity index (χ3n) is 4.26. The standard InChI is InChI=1S/C16H23N3S/c1-12(17-9-13-4-3-6-19(2)11-13)14-8-16-15(18-10-14)5-7-20-16/h5,7-8,10,12-13,17H,3-4,6,9,11H2,1-2H3. The second-order valence-electron chi connectivity index (χ2n) is 5.97. The normalized spacial score (nSPS) is 22.2. The van der Waals surface area contributed by atoms with Gasteiger partial charge in [-0.2, -0.15) is 0 Å². The van der Waals surface area contributed by atoms with E-state index >= 15 is 0 Å². The minimum Gasteiger partial charge on any atom is -0.310 e. The average Bonchev–Trinajstić information content (AvgIpc) is 2.92. The molecule has 2 unspecified atom stereocenters. The molecule has 20 heavy (non-hydrogen) atoms. The molecule has 2 atom stereocenters. The van der Waals surface area contributed by atoms with Crippen LogP contribution >= 0.6 is 11.3 Å². The van der Waals surface area contributed by atoms with E-state index in [1.165, 1.54) is 36.2 Å². The molecule has 0 saturated carbocycles. The molecule has 1 fully saturated rings. The number of aromatic nitrogens is 1. The Bertz CT molecular complexity index is 566. The summed E-state index contributed by atoms with van der Waals surface area (Å²) in [7, 11) is 2.23. The van der Waals surface area contributed by atoms with Gasteiger partial charge in [-0.25, -0.2) is 0 Å². The number of likely N-dealkylation sites (tertiary alicyclic amines) is 1. The Balaban J connectivity index is 1.59. The van der Waals surface area contributed by atoms with Crippen molar-refractivity contribution in [1.29, 1.82) is 0 Å². The Kier molecular flexibility index (Phi) is 4.34. The van der Waals surface area contributed by atoms with E-state index < -0.39 is 0 Å². The van der Waals surface area contributed by atoms with Crippen LogP contribution in [0.4, 0.5) is 0 Å². The van der Waals surface area contributed by atoms with Crippen LogP contribution in [0.15, 0.2) is 23.7 Å². The van der Waals surface area contributed by atoms with Gasteiger partial charge in [0.1, 0.15) is 0 Å². The maximum atomic E-state index is 4.53. The number of pyridine rings is 1. The Hall–Kier alpha value is -0.970. The van der Waals surface area contributed by atoms with E-state index in [-0.39, 0.29) is 0 Å². The van der Waals surface area contributed by atoms with Crippen molar-refractivity contribution in [3.8, 4) is 0 Å². The highest BCUT2D eigenvalue weighted by molar-refractivity contribution is 7.17. The summed E-state index contributed by atoms with van der Waals surface area (Å²) in [5, 5.41) is 5.79. The molecule has 1 aliphatic heterocycles. The van der Waals surface area contributed by atoms with Crippen molar-refractivity contribution in [3.63, 3.8) is 0 Å². The maximum absolute atomic E-state index is 4.53. The first-order valence-electron chi connectivity index (χ1n) is 7.47. The molecular weight excluding hydrogens is 266 g/mol. The van der Waals surface area contributed by atoms with Crippen molar-refractivity contribution in [2.75, 3.05) is 26.7 Å². The molecule has 2 aromatic heterocycles. The fraction of sp³-hybridized carbons (Fsp3) is 0.562. The molecule has 3 rings (SSSR count). The lowest BCUT2D eigenvalue weighted by Crippen LogP contribution is -2.37. The topological polar surface area (TPSA) is 28.2 Å². The van der Waals surface area contributed by atoms with E-state index in [1.807, 2.05) is 6.20 Å². The molecule has 0 spiro atoms. The predicted molar refractivity (Wildman–Crippen MR) is 86.3 cm³/mol. The fourth-order valence-electron chi connectivity index (χ4n) is 3.00. The fourth-order valence-corrected chi connectivity index (χ4v) is 3.79. The number of nitrogens with zero attached hydrogens (tertiary/aromatic N) is 2. The molecule has 0 radical (unpaired) electrons. The largest absolute Gasteiger partial charge is 0.310 e. The molecule has 0 aliphatic carbocycles. The van der Waals surface area contributed by atoms with Gasteiger partial charge in [0.15, 0.2) is 0 Å². The Morgan fingerprint density at radius 1 is 1.55 bits per heavy atom. The Morgan fingerprint density at radius 3 is 3.30 bits per heavy atom. The van der Waals surface area contributed by atoms with Crippen LogP contribution in [0.5, 0.6) is 0 Å². The van der Waals surface area contributed by atoms with Crippen LogP contribution in [-0.4, -0.2) is 36.6 Å². The highest BCUT2D eigenvalue weighted by Crippen LogP contribution is 2.23. The van der Waals surface area contributed by atoms with E-state index in [4.69, 9.17) is 0 Å². The second-order valence-corrected chi connectivity index (χ2v) is 6.92. The average molecular weight is 289 g/mol. The maximum Gasteiger partial charge on any atom is 0.0809 e. The molecule has 0 bridgehead atoms. The molecule has 3 heterocycles. The SMILES string of the molecule is CC(NCC1CCCN(C)C1)c1cnc2ccsc2c1. The number of hydrogen-bond donors (Lipinski definition) is 1. The van der Waals surface area contributed by atoms with Crippen LogP contribution in [0.2, 0.25) is 0 Å². The highest BCUT2D eigenvalue weighted by atomic mass is 32.1. The van der Waals surface area contributed by atoms with Crippen LogP contribution < -0.4 is 5.32 Å². The quantitative estimate of drug-likeness (QED) is 0.936. The van der Waals surface area contributed by atoms with Crippen molar-refractivity contribution >= 4 is 21.6 Å². The summed E-state index contributed by atoms with van der Waals surface area (Å²) in [4.78, 5) is 6.98. The van der Waals surface area contributed by atoms with E-state index in [0.29, 0.717) is 6.04 Å². The number of hydrogen-bond acceptors (Lipinski definition) is 4. The lowest BCUT2D eigenvalue weighted by atomic mass is 9.98. The summed E-state index contributed by atoms with van der Waals surface area (Å²) >= 11 is 1.77. The van der Waals surface area contributed by atoms with Gasteiger partial charge < -0.3 is 10.2 Å². The lowest BCUT2D eigenvalue weighted by Gasteiger charge is -2.30. The third kappa shape index (κ3) is 3.19. The summed E-state index contributed by atoms with van der Waals surface area (Å²) in [6.07, 6.45) is 4.70. The zero-order valence-corrected chi connectivity index (χ0v) is 13.1. The van der Waals surface area contributed by atoms with Crippen molar-refractivity contribution < 1.29 is 0 Å². The van der Waals surface area contributed by atoms with Gasteiger partial charge in [-0.1, -0.05) is 0 Å². The van der Waals surface area contributed by atoms with Crippen molar-refractivity contribution in [2.24, 2.45) is 5.92 Å². The lowest BCUT2D eigenvalue weighted by molar-refractivity contribution is 0.203. The van der Waals surface area contributed by atoms with E-state index in [0.717, 1.165) is 18.0 Å². The third-order valence-corrected chi connectivity index (χ3v) is 5.11. The van der Waals surface area contributed by atoms with Gasteiger partial charge in [-0.3, -0.25) is 4.98 Å². The molecule has 108 valence electrons. The minimum atomic E-state index is 0.376. The molecule has 3 nitrogen and oxygen atoms in total. The molecule has 2 aromatic rings. The van der Waals surface area contributed by atoms with Crippen LogP contribution in [-0.2, 0) is 0 Å². The summed E-state index contributed by atoms with van der Waals surface area (Å²) in [6.45, 7) is 5.82. The number of nitrogens with one attached hydrogen (secondary N) is 1. The van der Waals surface area contributed by atoms with Crippen molar-refractivity contribution in [3.05, 3.63) is 29.3 Å². The van der Waals surface area contributed by atoms with Gasteiger partial charge in [0, 0.05) is 18.8 Å². The van der Waals surface area contributed by atoms with Crippen LogP contribution in [0.1, 0.15) is 31.4 Å². The summed E-state index contributed by atoms with van der Waals surface area (Å²) in [6, 6.07) is 4.73. The molecule has 1 N–H and O–H groups in total. The molecule has 0 amide bonds. The number of thiophene rings is 1. The zero-order chi connectivity index (χ0) is 13.9. The highest BCUT2D eigenvalue weighted by Gasteiger charge is 2.18. The first kappa shape index (κ1) is 14.0. The monoisotopic (exact) mass is 289 g/mol. The van der Waals surface area contributed by atoms with Crippen LogP contribution in [0.3, 0.4) is 0 Å². The van der Waals surface area contributed by atoms with Crippen molar-refractivity contribution in [1.82, 2.24) is 15.2 Å². The van der Waals surface area contributed by atoms with Gasteiger partial charge in [0.05, 0.1) is 10.2 Å². The molecule has 0 aromatic carbocycles. The number of rotatable bonds is 4. The molecular formula is C16H23N3S. The van der Waals surface area contributed by atoms with Crippen molar-refractivity contribution in [2.45, 2.75) is 25.8 Å². The Labute approximate surface area is 125 Å². The molecule has 1 aliphatic rings. The van der Waals surface area contributed by atoms with Gasteiger partial charge in [-0.05, 0) is 68.9 Å². The van der Waals surface area contributed by atoms with E-state index in [9.17, 15) is 0 Å². The first-order chi connectivity index (χ1) is 9.72. The molecule has 1 saturated heterocycles. The van der Waals surface area contributed by atoms with E-state index in [2.05, 4.69) is 46.7 Å². The van der Waals surface area contributed by atoms with Gasteiger partial charge >= 0.3 is 0 Å². The van der Waals surface area contributed by atoms with Gasteiger partial charge in [0.25, 0.3) is 0 Å². The minimum absolute atomic E-state index is 0.376. The Morgan fingerprint density at radius 2 is 2.45 bits per heavy atom. The van der Waals surface area contributed by atoms with Gasteiger partial charge in [-0.15, -0.1) is 11.3 Å². The van der Waals surface area contributed by atoms with Crippen LogP contribution in [0.25, 0.3) is 10.2 Å². The summed E-state index contributed by atoms with van der Waals surface area (Å²) < 4.78 is 1.29. The summed E-state index contributed by atoms with van der Waals surface area (Å²) in [5.41, 5.74) is 2.41. The second kappa shape index (κ2) is 6.20. The smallest absolute Gasteiger partial charge is 0.0809 e. The van der Waals surface area contributed by atoms with Crippen LogP contribution in [0, 0.1) is 5.92 Å². The zero-order valence-electron chi connectivity index (χ0n) is 12.3. The predicted octanol–water partition coefficient (Wildman–Crippen LogP) is 3.29. The van der Waals surface area contributed by atoms with E-state index in [1.54, 1.807) is 11.3 Å². The first-order valence-corrected chi connectivity index (χ1v) is 8.35. The molecule has 4 heteroatoms. The summed E-state index contributed by atoms with van der Waals surface area (Å²) in [5.74, 6) is 0.787. The van der Waals surface area contributed by atoms with Gasteiger partial charge in [0.2, 0.25) is 0 Å². The number of fused-ring (bicyclic) bond motifs is 1. The number of piperidine rings is 1.